The molecule has 0 aromatic rings. The number of nitrogens with two attached hydrogens (primary N) is 1. The first-order valence-electron chi connectivity index (χ1n) is 7.32. The molecule has 2 aliphatic rings. The molecule has 3 amide bonds. The van der Waals surface area contributed by atoms with Gasteiger partial charge in [-0.2, -0.15) is 0 Å². The van der Waals surface area contributed by atoms with E-state index in [0.29, 0.717) is 25.7 Å². The first-order chi connectivity index (χ1) is 9.15. The molecule has 108 valence electrons. The van der Waals surface area contributed by atoms with E-state index in [1.165, 1.54) is 24.2 Å². The molecule has 0 aromatic carbocycles. The van der Waals surface area contributed by atoms with Gasteiger partial charge in [-0.3, -0.25) is 4.79 Å². The van der Waals surface area contributed by atoms with Gasteiger partial charge in [-0.25, -0.2) is 4.79 Å². The Labute approximate surface area is 114 Å². The van der Waals surface area contributed by atoms with E-state index >= 15 is 0 Å². The van der Waals surface area contributed by atoms with Crippen LogP contribution in [-0.4, -0.2) is 55.6 Å². The molecule has 1 heterocycles. The van der Waals surface area contributed by atoms with Crippen LogP contribution in [0.5, 0.6) is 0 Å². The number of quaternary nitrogens is 1. The quantitative estimate of drug-likeness (QED) is 0.596. The van der Waals surface area contributed by atoms with Gasteiger partial charge in [0.25, 0.3) is 5.91 Å². The average Bonchev–Trinajstić information content (AvgIpc) is 2.40. The summed E-state index contributed by atoms with van der Waals surface area (Å²) in [5.74, 6) is -0.268. The monoisotopic (exact) mass is 269 g/mol. The number of rotatable bonds is 3. The standard InChI is InChI=1S/C13H24N4O2/c14-12(18)10-16-6-8-17(9-7-16)13(19)15-11-4-2-1-3-5-11/h11H,1-10H2,(H2,14,18)(H,15,19)/p+1. The molecule has 2 rings (SSSR count). The smallest absolute Gasteiger partial charge is 0.318 e. The van der Waals surface area contributed by atoms with Crippen molar-refractivity contribution in [1.82, 2.24) is 10.2 Å². The number of amides is 3. The zero-order chi connectivity index (χ0) is 13.7. The van der Waals surface area contributed by atoms with Crippen molar-refractivity contribution in [3.63, 3.8) is 0 Å². The average molecular weight is 269 g/mol. The van der Waals surface area contributed by atoms with E-state index in [1.54, 1.807) is 0 Å². The maximum Gasteiger partial charge on any atom is 0.318 e. The van der Waals surface area contributed by atoms with Crippen molar-refractivity contribution in [2.45, 2.75) is 38.1 Å². The lowest BCUT2D eigenvalue weighted by Gasteiger charge is -2.33. The summed E-state index contributed by atoms with van der Waals surface area (Å²) < 4.78 is 0. The minimum Gasteiger partial charge on any atom is -0.365 e. The van der Waals surface area contributed by atoms with Gasteiger partial charge >= 0.3 is 6.03 Å². The summed E-state index contributed by atoms with van der Waals surface area (Å²) in [4.78, 5) is 26.0. The Kier molecular flexibility index (Phi) is 5.01. The third kappa shape index (κ3) is 4.38. The predicted octanol–water partition coefficient (Wildman–Crippen LogP) is -1.29. The minimum atomic E-state index is -0.268. The lowest BCUT2D eigenvalue weighted by molar-refractivity contribution is -0.895. The predicted molar refractivity (Wildman–Crippen MR) is 71.7 cm³/mol. The molecule has 0 spiro atoms. The van der Waals surface area contributed by atoms with Gasteiger partial charge in [0.2, 0.25) is 0 Å². The van der Waals surface area contributed by atoms with Crippen LogP contribution >= 0.6 is 0 Å². The van der Waals surface area contributed by atoms with E-state index in [4.69, 9.17) is 5.73 Å². The number of urea groups is 1. The third-order valence-electron chi connectivity index (χ3n) is 4.11. The number of piperazine rings is 1. The van der Waals surface area contributed by atoms with Gasteiger partial charge in [-0.1, -0.05) is 19.3 Å². The fraction of sp³-hybridized carbons (Fsp3) is 0.846. The van der Waals surface area contributed by atoms with Crippen LogP contribution in [0.15, 0.2) is 0 Å². The summed E-state index contributed by atoms with van der Waals surface area (Å²) in [6.45, 7) is 3.41. The lowest BCUT2D eigenvalue weighted by atomic mass is 9.96. The highest BCUT2D eigenvalue weighted by molar-refractivity contribution is 5.75. The number of nitrogens with zero attached hydrogens (tertiary/aromatic N) is 1. The minimum absolute atomic E-state index is 0.0602. The number of hydrogen-bond acceptors (Lipinski definition) is 2. The largest absolute Gasteiger partial charge is 0.365 e. The molecule has 1 aliphatic carbocycles. The zero-order valence-corrected chi connectivity index (χ0v) is 11.5. The normalized spacial score (nSPS) is 22.2. The van der Waals surface area contributed by atoms with Crippen LogP contribution in [0, 0.1) is 0 Å². The Balaban J connectivity index is 1.71. The summed E-state index contributed by atoms with van der Waals surface area (Å²) in [7, 11) is 0. The summed E-state index contributed by atoms with van der Waals surface area (Å²) >= 11 is 0. The lowest BCUT2D eigenvalue weighted by Crippen LogP contribution is -3.15. The van der Waals surface area contributed by atoms with Crippen LogP contribution in [0.1, 0.15) is 32.1 Å². The first kappa shape index (κ1) is 14.1. The van der Waals surface area contributed by atoms with E-state index in [1.807, 2.05) is 4.90 Å². The van der Waals surface area contributed by atoms with Crippen molar-refractivity contribution < 1.29 is 14.5 Å². The van der Waals surface area contributed by atoms with E-state index in [2.05, 4.69) is 5.32 Å². The molecule has 2 fully saturated rings. The Hall–Kier alpha value is -1.30. The van der Waals surface area contributed by atoms with Crippen LogP contribution in [0.25, 0.3) is 0 Å². The fourth-order valence-corrected chi connectivity index (χ4v) is 2.96. The fourth-order valence-electron chi connectivity index (χ4n) is 2.96. The van der Waals surface area contributed by atoms with E-state index in [-0.39, 0.29) is 11.9 Å². The van der Waals surface area contributed by atoms with Gasteiger partial charge in [0.05, 0.1) is 26.2 Å². The Morgan fingerprint density at radius 1 is 1.16 bits per heavy atom. The summed E-state index contributed by atoms with van der Waals surface area (Å²) in [6.07, 6.45) is 5.96. The molecule has 19 heavy (non-hydrogen) atoms. The second-order valence-electron chi connectivity index (χ2n) is 5.66. The maximum absolute atomic E-state index is 12.1. The summed E-state index contributed by atoms with van der Waals surface area (Å²) in [6, 6.07) is 0.419. The van der Waals surface area contributed by atoms with Gasteiger partial charge in [-0.15, -0.1) is 0 Å². The Morgan fingerprint density at radius 3 is 2.37 bits per heavy atom. The molecule has 0 radical (unpaired) electrons. The molecular formula is C13H25N4O2+. The van der Waals surface area contributed by atoms with Crippen LogP contribution < -0.4 is 16.0 Å². The molecule has 1 aliphatic heterocycles. The molecular weight excluding hydrogens is 244 g/mol. The summed E-state index contributed by atoms with van der Waals surface area (Å²) in [5.41, 5.74) is 5.19. The van der Waals surface area contributed by atoms with E-state index in [0.717, 1.165) is 25.9 Å². The van der Waals surface area contributed by atoms with Gasteiger partial charge in [0.15, 0.2) is 6.54 Å². The zero-order valence-electron chi connectivity index (χ0n) is 11.5. The van der Waals surface area contributed by atoms with Crippen molar-refractivity contribution in [2.24, 2.45) is 5.73 Å². The Bertz CT molecular complexity index is 321. The van der Waals surface area contributed by atoms with Gasteiger partial charge < -0.3 is 20.9 Å². The molecule has 6 nitrogen and oxygen atoms in total. The number of carbonyl (C=O) groups excluding carboxylic acids is 2. The van der Waals surface area contributed by atoms with Crippen molar-refractivity contribution in [1.29, 1.82) is 0 Å². The highest BCUT2D eigenvalue weighted by Gasteiger charge is 2.26. The molecule has 0 unspecified atom stereocenters. The number of primary amides is 1. The van der Waals surface area contributed by atoms with Gasteiger partial charge in [0, 0.05) is 6.04 Å². The molecule has 0 bridgehead atoms. The van der Waals surface area contributed by atoms with Crippen molar-refractivity contribution in [2.75, 3.05) is 32.7 Å². The van der Waals surface area contributed by atoms with Crippen molar-refractivity contribution in [3.05, 3.63) is 0 Å². The van der Waals surface area contributed by atoms with Crippen LogP contribution in [0.2, 0.25) is 0 Å². The molecule has 1 saturated heterocycles. The number of nitrogens with one attached hydrogen (secondary N) is 2. The first-order valence-corrected chi connectivity index (χ1v) is 7.32. The van der Waals surface area contributed by atoms with E-state index < -0.39 is 0 Å². The van der Waals surface area contributed by atoms with Crippen LogP contribution in [-0.2, 0) is 4.79 Å². The topological polar surface area (TPSA) is 79.9 Å². The summed E-state index contributed by atoms with van der Waals surface area (Å²) in [5, 5.41) is 3.13. The molecule has 4 N–H and O–H groups in total. The molecule has 6 heteroatoms. The second-order valence-corrected chi connectivity index (χ2v) is 5.66. The highest BCUT2D eigenvalue weighted by atomic mass is 16.2. The van der Waals surface area contributed by atoms with Crippen molar-refractivity contribution >= 4 is 11.9 Å². The van der Waals surface area contributed by atoms with Gasteiger partial charge in [-0.05, 0) is 12.8 Å². The maximum atomic E-state index is 12.1. The second kappa shape index (κ2) is 6.75. The van der Waals surface area contributed by atoms with Crippen molar-refractivity contribution in [3.8, 4) is 0 Å². The third-order valence-corrected chi connectivity index (χ3v) is 4.11. The molecule has 1 saturated carbocycles. The van der Waals surface area contributed by atoms with Crippen LogP contribution in [0.4, 0.5) is 4.79 Å². The SMILES string of the molecule is NC(=O)C[NH+]1CCN(C(=O)NC2CCCCC2)CC1. The number of hydrogen-bond donors (Lipinski definition) is 3. The number of carbonyl (C=O) groups is 2. The van der Waals surface area contributed by atoms with Crippen LogP contribution in [0.3, 0.4) is 0 Å². The van der Waals surface area contributed by atoms with Gasteiger partial charge in [0.1, 0.15) is 0 Å². The van der Waals surface area contributed by atoms with E-state index in [9.17, 15) is 9.59 Å². The Morgan fingerprint density at radius 2 is 1.79 bits per heavy atom. The highest BCUT2D eigenvalue weighted by Crippen LogP contribution is 2.17. The molecule has 0 atom stereocenters. The molecule has 0 aromatic heterocycles.